The zero-order chi connectivity index (χ0) is 10.9. The molecule has 0 spiro atoms. The minimum Gasteiger partial charge on any atom is -0.462 e. The van der Waals surface area contributed by atoms with Gasteiger partial charge in [-0.15, -0.1) is 0 Å². The van der Waals surface area contributed by atoms with Crippen molar-refractivity contribution in [3.05, 3.63) is 48.0 Å². The van der Waals surface area contributed by atoms with E-state index in [0.717, 1.165) is 12.8 Å². The van der Waals surface area contributed by atoms with Gasteiger partial charge in [-0.2, -0.15) is 0 Å². The Hall–Kier alpha value is -1.57. The van der Waals surface area contributed by atoms with Crippen molar-refractivity contribution in [2.75, 3.05) is 6.61 Å². The van der Waals surface area contributed by atoms with Crippen LogP contribution in [-0.4, -0.2) is 12.6 Å². The number of ether oxygens (including phenoxy) is 1. The van der Waals surface area contributed by atoms with Gasteiger partial charge in [-0.1, -0.05) is 30.4 Å². The number of hydrogen-bond acceptors (Lipinski definition) is 2. The molecule has 0 unspecified atom stereocenters. The molecule has 1 aromatic rings. The van der Waals surface area contributed by atoms with Crippen LogP contribution in [0.15, 0.2) is 42.5 Å². The molecule has 15 heavy (non-hydrogen) atoms. The molecule has 0 N–H and O–H groups in total. The molecule has 0 aliphatic heterocycles. The average molecular weight is 204 g/mol. The first-order valence-corrected chi connectivity index (χ1v) is 5.18. The SMILES string of the molecule is C/C=C/CCCOC(=O)c1ccccc1. The molecule has 2 nitrogen and oxygen atoms in total. The molecule has 80 valence electrons. The highest BCUT2D eigenvalue weighted by atomic mass is 16.5. The maximum absolute atomic E-state index is 11.4. The van der Waals surface area contributed by atoms with Gasteiger partial charge in [0.1, 0.15) is 0 Å². The van der Waals surface area contributed by atoms with Gasteiger partial charge >= 0.3 is 5.97 Å². The Balaban J connectivity index is 2.25. The van der Waals surface area contributed by atoms with E-state index in [9.17, 15) is 4.79 Å². The summed E-state index contributed by atoms with van der Waals surface area (Å²) in [4.78, 5) is 11.4. The Morgan fingerprint density at radius 1 is 1.33 bits per heavy atom. The topological polar surface area (TPSA) is 26.3 Å². The van der Waals surface area contributed by atoms with E-state index in [0.29, 0.717) is 12.2 Å². The van der Waals surface area contributed by atoms with Gasteiger partial charge in [-0.05, 0) is 31.9 Å². The van der Waals surface area contributed by atoms with Crippen LogP contribution in [-0.2, 0) is 4.74 Å². The molecule has 1 aromatic carbocycles. The lowest BCUT2D eigenvalue weighted by atomic mass is 10.2. The summed E-state index contributed by atoms with van der Waals surface area (Å²) in [6, 6.07) is 9.05. The van der Waals surface area contributed by atoms with E-state index in [1.807, 2.05) is 31.2 Å². The van der Waals surface area contributed by atoms with E-state index in [1.165, 1.54) is 0 Å². The lowest BCUT2D eigenvalue weighted by molar-refractivity contribution is 0.0501. The van der Waals surface area contributed by atoms with Crippen LogP contribution in [0, 0.1) is 0 Å². The van der Waals surface area contributed by atoms with Gasteiger partial charge in [0.05, 0.1) is 12.2 Å². The smallest absolute Gasteiger partial charge is 0.338 e. The number of esters is 1. The zero-order valence-electron chi connectivity index (χ0n) is 8.98. The van der Waals surface area contributed by atoms with E-state index in [4.69, 9.17) is 4.74 Å². The van der Waals surface area contributed by atoms with Crippen molar-refractivity contribution in [3.63, 3.8) is 0 Å². The van der Waals surface area contributed by atoms with Crippen LogP contribution in [0.4, 0.5) is 0 Å². The summed E-state index contributed by atoms with van der Waals surface area (Å²) in [6.07, 6.45) is 5.90. The fourth-order valence-electron chi connectivity index (χ4n) is 1.19. The van der Waals surface area contributed by atoms with Crippen LogP contribution >= 0.6 is 0 Å². The number of benzene rings is 1. The minimum absolute atomic E-state index is 0.240. The van der Waals surface area contributed by atoms with Crippen molar-refractivity contribution in [3.8, 4) is 0 Å². The molecule has 0 heterocycles. The highest BCUT2D eigenvalue weighted by molar-refractivity contribution is 5.89. The van der Waals surface area contributed by atoms with Gasteiger partial charge < -0.3 is 4.74 Å². The van der Waals surface area contributed by atoms with Crippen LogP contribution in [0.5, 0.6) is 0 Å². The zero-order valence-corrected chi connectivity index (χ0v) is 8.98. The highest BCUT2D eigenvalue weighted by Crippen LogP contribution is 2.02. The van der Waals surface area contributed by atoms with E-state index < -0.39 is 0 Å². The van der Waals surface area contributed by atoms with Crippen molar-refractivity contribution in [2.24, 2.45) is 0 Å². The molecule has 0 fully saturated rings. The molecule has 2 heteroatoms. The van der Waals surface area contributed by atoms with Crippen LogP contribution in [0.1, 0.15) is 30.1 Å². The fraction of sp³-hybridized carbons (Fsp3) is 0.308. The molecule has 0 bridgehead atoms. The van der Waals surface area contributed by atoms with Crippen LogP contribution < -0.4 is 0 Å². The van der Waals surface area contributed by atoms with Crippen molar-refractivity contribution >= 4 is 5.97 Å². The maximum Gasteiger partial charge on any atom is 0.338 e. The fourth-order valence-corrected chi connectivity index (χ4v) is 1.19. The molecule has 0 aliphatic rings. The molecule has 0 radical (unpaired) electrons. The van der Waals surface area contributed by atoms with Crippen molar-refractivity contribution < 1.29 is 9.53 Å². The number of hydrogen-bond donors (Lipinski definition) is 0. The molecule has 0 aromatic heterocycles. The average Bonchev–Trinajstić information content (AvgIpc) is 2.30. The van der Waals surface area contributed by atoms with Crippen molar-refractivity contribution in [1.29, 1.82) is 0 Å². The van der Waals surface area contributed by atoms with Gasteiger partial charge in [0.25, 0.3) is 0 Å². The summed E-state index contributed by atoms with van der Waals surface area (Å²) >= 11 is 0. The summed E-state index contributed by atoms with van der Waals surface area (Å²) in [5, 5.41) is 0. The molecule has 0 atom stereocenters. The highest BCUT2D eigenvalue weighted by Gasteiger charge is 2.04. The van der Waals surface area contributed by atoms with Gasteiger partial charge in [0.15, 0.2) is 0 Å². The summed E-state index contributed by atoms with van der Waals surface area (Å²) in [5.41, 5.74) is 0.614. The Bertz CT molecular complexity index is 315. The second-order valence-electron chi connectivity index (χ2n) is 3.21. The van der Waals surface area contributed by atoms with Gasteiger partial charge in [-0.25, -0.2) is 4.79 Å². The quantitative estimate of drug-likeness (QED) is 0.418. The molecule has 1 rings (SSSR count). The lowest BCUT2D eigenvalue weighted by Gasteiger charge is -2.02. The standard InChI is InChI=1S/C13H16O2/c1-2-3-4-8-11-15-13(14)12-9-6-5-7-10-12/h2-3,5-7,9-10H,4,8,11H2,1H3/b3-2+. The first-order chi connectivity index (χ1) is 7.34. The molecule has 0 amide bonds. The van der Waals surface area contributed by atoms with E-state index in [1.54, 1.807) is 12.1 Å². The Labute approximate surface area is 90.6 Å². The van der Waals surface area contributed by atoms with Gasteiger partial charge in [0, 0.05) is 0 Å². The monoisotopic (exact) mass is 204 g/mol. The first-order valence-electron chi connectivity index (χ1n) is 5.18. The third kappa shape index (κ3) is 4.45. The third-order valence-corrected chi connectivity index (χ3v) is 1.99. The van der Waals surface area contributed by atoms with Crippen LogP contribution in [0.25, 0.3) is 0 Å². The van der Waals surface area contributed by atoms with E-state index in [2.05, 4.69) is 6.08 Å². The summed E-state index contributed by atoms with van der Waals surface area (Å²) in [6.45, 7) is 2.47. The van der Waals surface area contributed by atoms with Crippen LogP contribution in [0.3, 0.4) is 0 Å². The second kappa shape index (κ2) is 6.82. The second-order valence-corrected chi connectivity index (χ2v) is 3.21. The molecular formula is C13H16O2. The van der Waals surface area contributed by atoms with Crippen molar-refractivity contribution in [1.82, 2.24) is 0 Å². The Morgan fingerprint density at radius 3 is 2.73 bits per heavy atom. The number of carbonyl (C=O) groups is 1. The maximum atomic E-state index is 11.4. The summed E-state index contributed by atoms with van der Waals surface area (Å²) in [5.74, 6) is -0.240. The number of rotatable bonds is 5. The normalized spacial score (nSPS) is 10.5. The predicted octanol–water partition coefficient (Wildman–Crippen LogP) is 3.20. The predicted molar refractivity (Wildman–Crippen MR) is 60.8 cm³/mol. The Kier molecular flexibility index (Phi) is 5.23. The third-order valence-electron chi connectivity index (χ3n) is 1.99. The molecule has 0 aliphatic carbocycles. The first kappa shape index (κ1) is 11.5. The Morgan fingerprint density at radius 2 is 2.07 bits per heavy atom. The lowest BCUT2D eigenvalue weighted by Crippen LogP contribution is -2.05. The summed E-state index contributed by atoms with van der Waals surface area (Å²) in [7, 11) is 0. The molecular weight excluding hydrogens is 188 g/mol. The number of allylic oxidation sites excluding steroid dienone is 2. The van der Waals surface area contributed by atoms with Gasteiger partial charge in [-0.3, -0.25) is 0 Å². The van der Waals surface area contributed by atoms with E-state index >= 15 is 0 Å². The minimum atomic E-state index is -0.240. The molecule has 0 saturated carbocycles. The molecule has 0 saturated heterocycles. The van der Waals surface area contributed by atoms with E-state index in [-0.39, 0.29) is 5.97 Å². The van der Waals surface area contributed by atoms with Gasteiger partial charge in [0.2, 0.25) is 0 Å². The van der Waals surface area contributed by atoms with Crippen LogP contribution in [0.2, 0.25) is 0 Å². The number of unbranched alkanes of at least 4 members (excludes halogenated alkanes) is 1. The largest absolute Gasteiger partial charge is 0.462 e. The summed E-state index contributed by atoms with van der Waals surface area (Å²) < 4.78 is 5.10. The van der Waals surface area contributed by atoms with Crippen molar-refractivity contribution in [2.45, 2.75) is 19.8 Å². The number of carbonyl (C=O) groups excluding carboxylic acids is 1.